The highest BCUT2D eigenvalue weighted by Gasteiger charge is 2.07. The molecule has 3 aromatic rings. The molecule has 2 N–H and O–H groups in total. The van der Waals surface area contributed by atoms with Gasteiger partial charge in [0.05, 0.1) is 4.88 Å². The van der Waals surface area contributed by atoms with Crippen molar-refractivity contribution in [1.82, 2.24) is 15.2 Å². The summed E-state index contributed by atoms with van der Waals surface area (Å²) in [6.07, 6.45) is 0. The van der Waals surface area contributed by atoms with Crippen LogP contribution in [-0.4, -0.2) is 21.1 Å². The van der Waals surface area contributed by atoms with Gasteiger partial charge in [-0.2, -0.15) is 0 Å². The van der Waals surface area contributed by atoms with E-state index in [9.17, 15) is 4.79 Å². The number of benzene rings is 1. The molecule has 0 spiro atoms. The molecule has 0 bridgehead atoms. The van der Waals surface area contributed by atoms with E-state index in [2.05, 4.69) is 20.5 Å². The summed E-state index contributed by atoms with van der Waals surface area (Å²) in [6, 6.07) is 11.5. The van der Waals surface area contributed by atoms with E-state index in [1.54, 1.807) is 11.8 Å². The minimum atomic E-state index is -0.0756. The maximum atomic E-state index is 11.9. The molecule has 0 saturated carbocycles. The first-order valence-corrected chi connectivity index (χ1v) is 8.53. The number of aromatic nitrogens is 3. The number of aryl methyl sites for hydroxylation is 1. The summed E-state index contributed by atoms with van der Waals surface area (Å²) >= 11 is 3.00. The van der Waals surface area contributed by atoms with Crippen molar-refractivity contribution in [3.8, 4) is 0 Å². The van der Waals surface area contributed by atoms with Crippen molar-refractivity contribution < 1.29 is 4.79 Å². The normalized spacial score (nSPS) is 10.6. The van der Waals surface area contributed by atoms with Crippen LogP contribution in [0.4, 0.5) is 5.69 Å². The van der Waals surface area contributed by atoms with Crippen molar-refractivity contribution in [2.75, 3.05) is 5.32 Å². The largest absolute Gasteiger partial charge is 0.321 e. The number of hydrogen-bond acceptors (Lipinski definition) is 5. The standard InChI is InChI=1S/C15H14N4OS2/c1-10-16-15(19-18-10)22-9-11-4-6-12(7-5-11)17-14(20)13-3-2-8-21-13/h2-8H,9H2,1H3,(H,17,20)(H,16,18,19). The van der Waals surface area contributed by atoms with E-state index in [1.165, 1.54) is 11.3 Å². The highest BCUT2D eigenvalue weighted by Crippen LogP contribution is 2.20. The van der Waals surface area contributed by atoms with E-state index >= 15 is 0 Å². The van der Waals surface area contributed by atoms with Gasteiger partial charge in [-0.25, -0.2) is 4.98 Å². The van der Waals surface area contributed by atoms with Crippen LogP contribution < -0.4 is 5.32 Å². The smallest absolute Gasteiger partial charge is 0.265 e. The molecule has 0 radical (unpaired) electrons. The number of carbonyl (C=O) groups excluding carboxylic acids is 1. The molecule has 0 atom stereocenters. The summed E-state index contributed by atoms with van der Waals surface area (Å²) in [5, 5.41) is 12.4. The minimum Gasteiger partial charge on any atom is -0.321 e. The summed E-state index contributed by atoms with van der Waals surface area (Å²) in [6.45, 7) is 1.88. The third kappa shape index (κ3) is 3.75. The van der Waals surface area contributed by atoms with Gasteiger partial charge in [0, 0.05) is 11.4 Å². The Morgan fingerprint density at radius 1 is 1.32 bits per heavy atom. The second-order valence-corrected chi connectivity index (χ2v) is 6.51. The van der Waals surface area contributed by atoms with Crippen molar-refractivity contribution in [2.45, 2.75) is 17.8 Å². The Balaban J connectivity index is 1.57. The van der Waals surface area contributed by atoms with Gasteiger partial charge in [0.15, 0.2) is 0 Å². The number of amides is 1. The van der Waals surface area contributed by atoms with Gasteiger partial charge in [0.2, 0.25) is 5.16 Å². The van der Waals surface area contributed by atoms with Crippen LogP contribution in [-0.2, 0) is 5.75 Å². The summed E-state index contributed by atoms with van der Waals surface area (Å²) < 4.78 is 0. The molecular formula is C15H14N4OS2. The van der Waals surface area contributed by atoms with Crippen LogP contribution in [0.2, 0.25) is 0 Å². The minimum absolute atomic E-state index is 0.0756. The highest BCUT2D eigenvalue weighted by molar-refractivity contribution is 7.98. The van der Waals surface area contributed by atoms with Crippen LogP contribution >= 0.6 is 23.1 Å². The molecule has 1 aromatic carbocycles. The molecule has 3 rings (SSSR count). The second kappa shape index (κ2) is 6.76. The van der Waals surface area contributed by atoms with E-state index in [1.807, 2.05) is 48.7 Å². The van der Waals surface area contributed by atoms with E-state index in [4.69, 9.17) is 0 Å². The molecule has 0 aliphatic heterocycles. The zero-order valence-electron chi connectivity index (χ0n) is 11.9. The summed E-state index contributed by atoms with van der Waals surface area (Å²) in [4.78, 5) is 16.9. The topological polar surface area (TPSA) is 70.7 Å². The van der Waals surface area contributed by atoms with E-state index < -0.39 is 0 Å². The fraction of sp³-hybridized carbons (Fsp3) is 0.133. The summed E-state index contributed by atoms with van der Waals surface area (Å²) in [7, 11) is 0. The average Bonchev–Trinajstić information content (AvgIpc) is 3.18. The highest BCUT2D eigenvalue weighted by atomic mass is 32.2. The van der Waals surface area contributed by atoms with Crippen molar-refractivity contribution in [2.24, 2.45) is 0 Å². The Bertz CT molecular complexity index is 750. The molecule has 7 heteroatoms. The van der Waals surface area contributed by atoms with Gasteiger partial charge in [0.25, 0.3) is 5.91 Å². The lowest BCUT2D eigenvalue weighted by Crippen LogP contribution is -2.09. The van der Waals surface area contributed by atoms with Gasteiger partial charge in [-0.05, 0) is 36.1 Å². The Hall–Kier alpha value is -2.12. The van der Waals surface area contributed by atoms with Crippen LogP contribution in [0, 0.1) is 6.92 Å². The lowest BCUT2D eigenvalue weighted by atomic mass is 10.2. The number of hydrogen-bond donors (Lipinski definition) is 2. The van der Waals surface area contributed by atoms with Gasteiger partial charge >= 0.3 is 0 Å². The van der Waals surface area contributed by atoms with E-state index in [0.29, 0.717) is 4.88 Å². The Labute approximate surface area is 136 Å². The third-order valence-electron chi connectivity index (χ3n) is 2.90. The van der Waals surface area contributed by atoms with Gasteiger partial charge in [-0.15, -0.1) is 16.4 Å². The van der Waals surface area contributed by atoms with Gasteiger partial charge < -0.3 is 5.32 Å². The summed E-state index contributed by atoms with van der Waals surface area (Å²) in [5.41, 5.74) is 1.95. The molecule has 0 saturated heterocycles. The van der Waals surface area contributed by atoms with Crippen molar-refractivity contribution >= 4 is 34.7 Å². The molecule has 0 fully saturated rings. The fourth-order valence-electron chi connectivity index (χ4n) is 1.82. The van der Waals surface area contributed by atoms with Crippen LogP contribution in [0.15, 0.2) is 46.9 Å². The molecule has 1 amide bonds. The second-order valence-electron chi connectivity index (χ2n) is 4.62. The maximum Gasteiger partial charge on any atom is 0.265 e. The van der Waals surface area contributed by atoms with Crippen LogP contribution in [0.25, 0.3) is 0 Å². The number of H-pyrrole nitrogens is 1. The first-order valence-electron chi connectivity index (χ1n) is 6.66. The van der Waals surface area contributed by atoms with Crippen LogP contribution in [0.3, 0.4) is 0 Å². The number of carbonyl (C=O) groups is 1. The Kier molecular flexibility index (Phi) is 4.55. The lowest BCUT2D eigenvalue weighted by Gasteiger charge is -2.05. The van der Waals surface area contributed by atoms with Crippen molar-refractivity contribution in [3.05, 3.63) is 58.0 Å². The van der Waals surface area contributed by atoms with Crippen molar-refractivity contribution in [3.63, 3.8) is 0 Å². The number of aromatic amines is 1. The van der Waals surface area contributed by atoms with Gasteiger partial charge in [0.1, 0.15) is 5.82 Å². The molecule has 5 nitrogen and oxygen atoms in total. The molecule has 112 valence electrons. The first-order chi connectivity index (χ1) is 10.7. The summed E-state index contributed by atoms with van der Waals surface area (Å²) in [5.74, 6) is 1.53. The number of thiophene rings is 1. The van der Waals surface area contributed by atoms with Gasteiger partial charge in [-0.1, -0.05) is 30.0 Å². The monoisotopic (exact) mass is 330 g/mol. The zero-order chi connectivity index (χ0) is 15.4. The Morgan fingerprint density at radius 3 is 2.77 bits per heavy atom. The molecule has 0 unspecified atom stereocenters. The number of nitrogens with zero attached hydrogens (tertiary/aromatic N) is 2. The maximum absolute atomic E-state index is 11.9. The van der Waals surface area contributed by atoms with E-state index in [-0.39, 0.29) is 5.91 Å². The number of nitrogens with one attached hydrogen (secondary N) is 2. The zero-order valence-corrected chi connectivity index (χ0v) is 13.5. The third-order valence-corrected chi connectivity index (χ3v) is 4.69. The van der Waals surface area contributed by atoms with Crippen LogP contribution in [0.5, 0.6) is 0 Å². The molecule has 2 aromatic heterocycles. The van der Waals surface area contributed by atoms with Crippen LogP contribution in [0.1, 0.15) is 21.1 Å². The SMILES string of the molecule is Cc1nc(SCc2ccc(NC(=O)c3cccs3)cc2)n[nH]1. The van der Waals surface area contributed by atoms with E-state index in [0.717, 1.165) is 28.0 Å². The predicted molar refractivity (Wildman–Crippen MR) is 89.4 cm³/mol. The number of thioether (sulfide) groups is 1. The number of anilines is 1. The lowest BCUT2D eigenvalue weighted by molar-refractivity contribution is 0.103. The average molecular weight is 330 g/mol. The van der Waals surface area contributed by atoms with Crippen molar-refractivity contribution in [1.29, 1.82) is 0 Å². The fourth-order valence-corrected chi connectivity index (χ4v) is 3.24. The molecule has 22 heavy (non-hydrogen) atoms. The van der Waals surface area contributed by atoms with Gasteiger partial charge in [-0.3, -0.25) is 9.89 Å². The number of rotatable bonds is 5. The quantitative estimate of drug-likeness (QED) is 0.700. The molecular weight excluding hydrogens is 316 g/mol. The molecule has 0 aliphatic rings. The predicted octanol–water partition coefficient (Wildman–Crippen LogP) is 3.72. The Morgan fingerprint density at radius 2 is 2.14 bits per heavy atom. The molecule has 2 heterocycles. The first kappa shape index (κ1) is 14.8. The molecule has 0 aliphatic carbocycles.